The van der Waals surface area contributed by atoms with E-state index in [0.717, 1.165) is 5.56 Å². The monoisotopic (exact) mass is 201 g/mol. The molecule has 4 nitrogen and oxygen atoms in total. The van der Waals surface area contributed by atoms with Gasteiger partial charge in [0.2, 0.25) is 0 Å². The molecule has 0 aromatic carbocycles. The Morgan fingerprint density at radius 2 is 2.38 bits per heavy atom. The Balaban J connectivity index is 2.55. The Morgan fingerprint density at radius 1 is 1.62 bits per heavy atom. The second kappa shape index (κ2) is 4.96. The number of hydrogen-bond acceptors (Lipinski definition) is 4. The van der Waals surface area contributed by atoms with Gasteiger partial charge in [-0.2, -0.15) is 0 Å². The van der Waals surface area contributed by atoms with Crippen molar-refractivity contribution in [1.29, 1.82) is 0 Å². The molecule has 0 atom stereocenters. The SMILES string of the molecule is O=C(O)c1sccc1CNCCO. The lowest BCUT2D eigenvalue weighted by Gasteiger charge is -2.01. The normalized spacial score (nSPS) is 10.2. The molecule has 1 heterocycles. The molecule has 0 fully saturated rings. The van der Waals surface area contributed by atoms with Crippen molar-refractivity contribution in [2.45, 2.75) is 6.54 Å². The second-order valence-electron chi connectivity index (χ2n) is 2.48. The zero-order valence-electron chi connectivity index (χ0n) is 6.99. The molecule has 0 bridgehead atoms. The largest absolute Gasteiger partial charge is 0.477 e. The fraction of sp³-hybridized carbons (Fsp3) is 0.375. The number of aliphatic hydroxyl groups excluding tert-OH is 1. The molecule has 0 aliphatic rings. The zero-order valence-corrected chi connectivity index (χ0v) is 7.80. The number of aliphatic hydroxyl groups is 1. The number of carboxylic acid groups (broad SMARTS) is 1. The van der Waals surface area contributed by atoms with E-state index in [-0.39, 0.29) is 6.61 Å². The molecule has 1 aromatic heterocycles. The smallest absolute Gasteiger partial charge is 0.346 e. The lowest BCUT2D eigenvalue weighted by Crippen LogP contribution is -2.18. The first-order valence-electron chi connectivity index (χ1n) is 3.87. The van der Waals surface area contributed by atoms with E-state index in [1.807, 2.05) is 0 Å². The molecule has 0 amide bonds. The van der Waals surface area contributed by atoms with Crippen molar-refractivity contribution in [3.8, 4) is 0 Å². The molecule has 0 radical (unpaired) electrons. The maximum Gasteiger partial charge on any atom is 0.346 e. The summed E-state index contributed by atoms with van der Waals surface area (Å²) in [6.07, 6.45) is 0. The number of nitrogens with one attached hydrogen (secondary N) is 1. The van der Waals surface area contributed by atoms with Gasteiger partial charge in [0, 0.05) is 13.1 Å². The van der Waals surface area contributed by atoms with E-state index in [9.17, 15) is 4.79 Å². The van der Waals surface area contributed by atoms with E-state index < -0.39 is 5.97 Å². The summed E-state index contributed by atoms with van der Waals surface area (Å²) >= 11 is 1.21. The Labute approximate surface area is 79.8 Å². The van der Waals surface area contributed by atoms with Gasteiger partial charge >= 0.3 is 5.97 Å². The van der Waals surface area contributed by atoms with Gasteiger partial charge in [0.1, 0.15) is 4.88 Å². The summed E-state index contributed by atoms with van der Waals surface area (Å²) in [5.74, 6) is -0.893. The van der Waals surface area contributed by atoms with Crippen LogP contribution in [-0.4, -0.2) is 29.3 Å². The highest BCUT2D eigenvalue weighted by molar-refractivity contribution is 7.12. The summed E-state index contributed by atoms with van der Waals surface area (Å²) in [7, 11) is 0. The number of aromatic carboxylic acids is 1. The van der Waals surface area contributed by atoms with Crippen molar-refractivity contribution in [3.63, 3.8) is 0 Å². The summed E-state index contributed by atoms with van der Waals surface area (Å²) in [5.41, 5.74) is 0.769. The first-order chi connectivity index (χ1) is 6.25. The van der Waals surface area contributed by atoms with Gasteiger partial charge in [-0.1, -0.05) is 0 Å². The highest BCUT2D eigenvalue weighted by Crippen LogP contribution is 2.16. The van der Waals surface area contributed by atoms with E-state index in [4.69, 9.17) is 10.2 Å². The van der Waals surface area contributed by atoms with Gasteiger partial charge in [0.25, 0.3) is 0 Å². The molecule has 0 spiro atoms. The molecule has 0 saturated carbocycles. The van der Waals surface area contributed by atoms with Crippen molar-refractivity contribution in [2.75, 3.05) is 13.2 Å². The van der Waals surface area contributed by atoms with Crippen LogP contribution in [0.15, 0.2) is 11.4 Å². The van der Waals surface area contributed by atoms with Crippen LogP contribution in [0.25, 0.3) is 0 Å². The summed E-state index contributed by atoms with van der Waals surface area (Å²) < 4.78 is 0. The molecular formula is C8H11NO3S. The molecule has 5 heteroatoms. The Kier molecular flexibility index (Phi) is 3.88. The van der Waals surface area contributed by atoms with Gasteiger partial charge in [-0.25, -0.2) is 4.79 Å². The van der Waals surface area contributed by atoms with Crippen molar-refractivity contribution in [3.05, 3.63) is 21.9 Å². The van der Waals surface area contributed by atoms with E-state index in [0.29, 0.717) is 18.0 Å². The summed E-state index contributed by atoms with van der Waals surface area (Å²) in [4.78, 5) is 11.0. The van der Waals surface area contributed by atoms with E-state index in [1.54, 1.807) is 11.4 Å². The van der Waals surface area contributed by atoms with Crippen molar-refractivity contribution in [1.82, 2.24) is 5.32 Å². The van der Waals surface area contributed by atoms with Crippen LogP contribution in [0.2, 0.25) is 0 Å². The minimum atomic E-state index is -0.893. The van der Waals surface area contributed by atoms with Crippen molar-refractivity contribution < 1.29 is 15.0 Å². The number of hydrogen-bond donors (Lipinski definition) is 3. The quantitative estimate of drug-likeness (QED) is 0.608. The molecule has 1 aromatic rings. The predicted molar refractivity (Wildman–Crippen MR) is 50.1 cm³/mol. The molecule has 72 valence electrons. The zero-order chi connectivity index (χ0) is 9.68. The number of rotatable bonds is 5. The third kappa shape index (κ3) is 2.80. The first-order valence-corrected chi connectivity index (χ1v) is 4.75. The Hall–Kier alpha value is -0.910. The van der Waals surface area contributed by atoms with Gasteiger partial charge in [-0.05, 0) is 17.0 Å². The Morgan fingerprint density at radius 3 is 3.00 bits per heavy atom. The lowest BCUT2D eigenvalue weighted by atomic mass is 10.2. The summed E-state index contributed by atoms with van der Waals surface area (Å²) in [6.45, 7) is 1.03. The number of carbonyl (C=O) groups is 1. The number of carboxylic acids is 1. The average molecular weight is 201 g/mol. The van der Waals surface area contributed by atoms with Gasteiger partial charge in [-0.3, -0.25) is 0 Å². The van der Waals surface area contributed by atoms with E-state index in [2.05, 4.69) is 5.32 Å². The number of thiophene rings is 1. The molecule has 13 heavy (non-hydrogen) atoms. The van der Waals surface area contributed by atoms with Gasteiger partial charge in [0.15, 0.2) is 0 Å². The molecule has 0 unspecified atom stereocenters. The molecule has 3 N–H and O–H groups in total. The standard InChI is InChI=1S/C8H11NO3S/c10-3-2-9-5-6-1-4-13-7(6)8(11)12/h1,4,9-10H,2-3,5H2,(H,11,12). The maximum absolute atomic E-state index is 10.6. The minimum absolute atomic E-state index is 0.0620. The van der Waals surface area contributed by atoms with Crippen LogP contribution in [0.5, 0.6) is 0 Å². The second-order valence-corrected chi connectivity index (χ2v) is 3.40. The van der Waals surface area contributed by atoms with Crippen LogP contribution < -0.4 is 5.32 Å². The Bertz CT molecular complexity index is 285. The molecule has 0 saturated heterocycles. The van der Waals surface area contributed by atoms with Crippen LogP contribution in [0, 0.1) is 0 Å². The van der Waals surface area contributed by atoms with Crippen molar-refractivity contribution >= 4 is 17.3 Å². The first kappa shape index (κ1) is 10.2. The van der Waals surface area contributed by atoms with Crippen LogP contribution in [0.3, 0.4) is 0 Å². The minimum Gasteiger partial charge on any atom is -0.477 e. The van der Waals surface area contributed by atoms with E-state index >= 15 is 0 Å². The lowest BCUT2D eigenvalue weighted by molar-refractivity contribution is 0.0701. The van der Waals surface area contributed by atoms with E-state index in [1.165, 1.54) is 11.3 Å². The van der Waals surface area contributed by atoms with Crippen LogP contribution in [0.1, 0.15) is 15.2 Å². The van der Waals surface area contributed by atoms with Crippen molar-refractivity contribution in [2.24, 2.45) is 0 Å². The third-order valence-corrected chi connectivity index (χ3v) is 2.49. The highest BCUT2D eigenvalue weighted by atomic mass is 32.1. The van der Waals surface area contributed by atoms with Gasteiger partial charge < -0.3 is 15.5 Å². The van der Waals surface area contributed by atoms with Crippen LogP contribution in [0.4, 0.5) is 0 Å². The topological polar surface area (TPSA) is 69.6 Å². The highest BCUT2D eigenvalue weighted by Gasteiger charge is 2.10. The molecule has 0 aliphatic carbocycles. The summed E-state index contributed by atoms with van der Waals surface area (Å²) in [5, 5.41) is 21.9. The maximum atomic E-state index is 10.6. The van der Waals surface area contributed by atoms with Crippen LogP contribution >= 0.6 is 11.3 Å². The van der Waals surface area contributed by atoms with Gasteiger partial charge in [-0.15, -0.1) is 11.3 Å². The third-order valence-electron chi connectivity index (χ3n) is 1.55. The molecule has 0 aliphatic heterocycles. The fourth-order valence-corrected chi connectivity index (χ4v) is 1.73. The fourth-order valence-electron chi connectivity index (χ4n) is 0.965. The average Bonchev–Trinajstić information content (AvgIpc) is 2.53. The van der Waals surface area contributed by atoms with Crippen LogP contribution in [-0.2, 0) is 6.54 Å². The summed E-state index contributed by atoms with van der Waals surface area (Å²) in [6, 6.07) is 1.78. The molecular weight excluding hydrogens is 190 g/mol. The predicted octanol–water partition coefficient (Wildman–Crippen LogP) is 0.528. The van der Waals surface area contributed by atoms with Gasteiger partial charge in [0.05, 0.1) is 6.61 Å². The molecule has 1 rings (SSSR count).